The summed E-state index contributed by atoms with van der Waals surface area (Å²) in [5.74, 6) is 0. The fourth-order valence-corrected chi connectivity index (χ4v) is 6.15. The minimum absolute atomic E-state index is 0.0648. The maximum atomic E-state index is 13.0. The fraction of sp³-hybridized carbons (Fsp3) is 0.158. The van der Waals surface area contributed by atoms with Crippen LogP contribution in [-0.2, 0) is 19.7 Å². The van der Waals surface area contributed by atoms with Gasteiger partial charge in [-0.3, -0.25) is 0 Å². The second-order valence-electron chi connectivity index (χ2n) is 6.17. The van der Waals surface area contributed by atoms with E-state index in [1.807, 2.05) is 19.1 Å². The zero-order chi connectivity index (χ0) is 19.8. The van der Waals surface area contributed by atoms with E-state index in [0.29, 0.717) is 11.1 Å². The van der Waals surface area contributed by atoms with E-state index < -0.39 is 19.7 Å². The van der Waals surface area contributed by atoms with Gasteiger partial charge in [-0.15, -0.1) is 11.3 Å². The minimum Gasteiger partial charge on any atom is -0.380 e. The summed E-state index contributed by atoms with van der Waals surface area (Å²) in [5, 5.41) is 3.65. The van der Waals surface area contributed by atoms with Crippen molar-refractivity contribution in [3.63, 3.8) is 0 Å². The van der Waals surface area contributed by atoms with Crippen molar-refractivity contribution < 1.29 is 16.8 Å². The van der Waals surface area contributed by atoms with Crippen molar-refractivity contribution in [1.29, 1.82) is 0 Å². The molecule has 142 valence electrons. The summed E-state index contributed by atoms with van der Waals surface area (Å²) in [4.78, 5) is 0.169. The maximum absolute atomic E-state index is 13.0. The third kappa shape index (κ3) is 3.92. The van der Waals surface area contributed by atoms with Crippen LogP contribution in [0.5, 0.6) is 0 Å². The number of sulfone groups is 2. The monoisotopic (exact) mass is 421 g/mol. The topological polar surface area (TPSA) is 80.3 Å². The molecule has 0 atom stereocenters. The summed E-state index contributed by atoms with van der Waals surface area (Å²) in [5.41, 5.74) is 2.06. The molecule has 0 radical (unpaired) electrons. The molecule has 0 saturated heterocycles. The van der Waals surface area contributed by atoms with Gasteiger partial charge in [-0.05, 0) is 42.8 Å². The van der Waals surface area contributed by atoms with Gasteiger partial charge in [-0.1, -0.05) is 29.8 Å². The summed E-state index contributed by atoms with van der Waals surface area (Å²) in [6, 6.07) is 14.7. The van der Waals surface area contributed by atoms with Crippen LogP contribution in [-0.4, -0.2) is 30.1 Å². The van der Waals surface area contributed by atoms with Gasteiger partial charge in [0.1, 0.15) is 4.21 Å². The van der Waals surface area contributed by atoms with Crippen LogP contribution in [0.1, 0.15) is 5.56 Å². The van der Waals surface area contributed by atoms with Crippen molar-refractivity contribution in [3.05, 3.63) is 60.2 Å². The van der Waals surface area contributed by atoms with E-state index in [4.69, 9.17) is 0 Å². The SMILES string of the molecule is CNc1ccc(S(=O)(=O)c2ccc(S(C)(=O)=O)c(-c3ccc(C)cc3)c2)s1. The predicted octanol–water partition coefficient (Wildman–Crippen LogP) is 4.00. The highest BCUT2D eigenvalue weighted by Gasteiger charge is 2.23. The zero-order valence-electron chi connectivity index (χ0n) is 15.1. The maximum Gasteiger partial charge on any atom is 0.216 e. The van der Waals surface area contributed by atoms with Gasteiger partial charge in [-0.25, -0.2) is 16.8 Å². The second kappa shape index (κ2) is 7.10. The van der Waals surface area contributed by atoms with Crippen LogP contribution in [0.2, 0.25) is 0 Å². The fourth-order valence-electron chi connectivity index (χ4n) is 2.67. The summed E-state index contributed by atoms with van der Waals surface area (Å²) in [6.07, 6.45) is 1.12. The molecule has 0 spiro atoms. The van der Waals surface area contributed by atoms with Crippen LogP contribution in [0.4, 0.5) is 5.00 Å². The van der Waals surface area contributed by atoms with Gasteiger partial charge >= 0.3 is 0 Å². The highest BCUT2D eigenvalue weighted by atomic mass is 32.2. The van der Waals surface area contributed by atoms with Gasteiger partial charge in [-0.2, -0.15) is 0 Å². The van der Waals surface area contributed by atoms with E-state index in [0.717, 1.165) is 28.2 Å². The summed E-state index contributed by atoms with van der Waals surface area (Å²) < 4.78 is 50.6. The van der Waals surface area contributed by atoms with Crippen LogP contribution in [0.3, 0.4) is 0 Å². The lowest BCUT2D eigenvalue weighted by molar-refractivity contribution is 0.596. The molecule has 1 heterocycles. The molecule has 3 aromatic rings. The summed E-state index contributed by atoms with van der Waals surface area (Å²) in [6.45, 7) is 1.93. The average molecular weight is 422 g/mol. The lowest BCUT2D eigenvalue weighted by atomic mass is 10.0. The number of nitrogens with one attached hydrogen (secondary N) is 1. The normalized spacial score (nSPS) is 12.1. The van der Waals surface area contributed by atoms with Crippen molar-refractivity contribution in [2.24, 2.45) is 0 Å². The Bertz CT molecular complexity index is 1190. The first-order chi connectivity index (χ1) is 12.6. The lowest BCUT2D eigenvalue weighted by Gasteiger charge is -2.11. The van der Waals surface area contributed by atoms with Crippen LogP contribution < -0.4 is 5.32 Å². The first-order valence-electron chi connectivity index (χ1n) is 8.07. The van der Waals surface area contributed by atoms with Crippen molar-refractivity contribution in [3.8, 4) is 11.1 Å². The number of anilines is 1. The summed E-state index contributed by atoms with van der Waals surface area (Å²) >= 11 is 1.13. The number of aryl methyl sites for hydroxylation is 1. The molecular formula is C19H19NO4S3. The third-order valence-electron chi connectivity index (χ3n) is 4.12. The molecule has 0 aliphatic heterocycles. The Hall–Kier alpha value is -2.16. The lowest BCUT2D eigenvalue weighted by Crippen LogP contribution is -2.04. The molecule has 0 bridgehead atoms. The van der Waals surface area contributed by atoms with Gasteiger partial charge in [0.25, 0.3) is 0 Å². The quantitative estimate of drug-likeness (QED) is 0.673. The molecule has 0 aliphatic rings. The van der Waals surface area contributed by atoms with Gasteiger partial charge in [0, 0.05) is 18.9 Å². The number of benzene rings is 2. The molecule has 8 heteroatoms. The smallest absolute Gasteiger partial charge is 0.216 e. The first kappa shape index (κ1) is 19.6. The van der Waals surface area contributed by atoms with E-state index in [1.165, 1.54) is 18.2 Å². The standard InChI is InChI=1S/C19H19NO4S3/c1-13-4-6-14(7-5-13)16-12-15(8-9-17(16)26(3,21)22)27(23,24)19-11-10-18(20-2)25-19/h4-12,20H,1-3H3. The van der Waals surface area contributed by atoms with Gasteiger partial charge in [0.15, 0.2) is 9.84 Å². The molecule has 2 aromatic carbocycles. The van der Waals surface area contributed by atoms with Crippen LogP contribution >= 0.6 is 11.3 Å². The third-order valence-corrected chi connectivity index (χ3v) is 8.62. The highest BCUT2D eigenvalue weighted by molar-refractivity contribution is 7.93. The Morgan fingerprint density at radius 3 is 2.11 bits per heavy atom. The Kier molecular flexibility index (Phi) is 5.16. The van der Waals surface area contributed by atoms with E-state index in [2.05, 4.69) is 5.32 Å². The molecule has 27 heavy (non-hydrogen) atoms. The van der Waals surface area contributed by atoms with E-state index >= 15 is 0 Å². The van der Waals surface area contributed by atoms with Crippen molar-refractivity contribution in [2.45, 2.75) is 20.9 Å². The molecule has 0 saturated carbocycles. The molecule has 0 unspecified atom stereocenters. The Balaban J connectivity index is 2.21. The van der Waals surface area contributed by atoms with Crippen LogP contribution in [0, 0.1) is 6.92 Å². The predicted molar refractivity (Wildman–Crippen MR) is 109 cm³/mol. The highest BCUT2D eigenvalue weighted by Crippen LogP contribution is 2.35. The molecule has 0 amide bonds. The zero-order valence-corrected chi connectivity index (χ0v) is 17.5. The van der Waals surface area contributed by atoms with E-state index in [9.17, 15) is 16.8 Å². The number of thiophene rings is 1. The Labute approximate surface area is 163 Å². The van der Waals surface area contributed by atoms with Crippen molar-refractivity contribution in [2.75, 3.05) is 18.6 Å². The minimum atomic E-state index is -3.75. The van der Waals surface area contributed by atoms with Crippen LogP contribution in [0.15, 0.2) is 68.6 Å². The van der Waals surface area contributed by atoms with Gasteiger partial charge < -0.3 is 5.32 Å². The van der Waals surface area contributed by atoms with Crippen LogP contribution in [0.25, 0.3) is 11.1 Å². The van der Waals surface area contributed by atoms with E-state index in [-0.39, 0.29) is 14.0 Å². The van der Waals surface area contributed by atoms with E-state index in [1.54, 1.807) is 31.3 Å². The molecule has 0 fully saturated rings. The number of hydrogen-bond acceptors (Lipinski definition) is 6. The molecule has 0 aliphatic carbocycles. The molecule has 3 rings (SSSR count). The summed E-state index contributed by atoms with van der Waals surface area (Å²) in [7, 11) is -5.55. The molecule has 1 N–H and O–H groups in total. The Morgan fingerprint density at radius 2 is 1.56 bits per heavy atom. The van der Waals surface area contributed by atoms with Crippen molar-refractivity contribution in [1.82, 2.24) is 0 Å². The molecule has 1 aromatic heterocycles. The largest absolute Gasteiger partial charge is 0.380 e. The second-order valence-corrected chi connectivity index (χ2v) is 11.4. The number of rotatable bonds is 5. The van der Waals surface area contributed by atoms with Gasteiger partial charge in [0.05, 0.1) is 14.8 Å². The average Bonchev–Trinajstić information content (AvgIpc) is 3.11. The first-order valence-corrected chi connectivity index (χ1v) is 12.3. The molecular weight excluding hydrogens is 402 g/mol. The molecule has 5 nitrogen and oxygen atoms in total. The Morgan fingerprint density at radius 1 is 0.889 bits per heavy atom. The number of hydrogen-bond donors (Lipinski definition) is 1. The van der Waals surface area contributed by atoms with Gasteiger partial charge in [0.2, 0.25) is 9.84 Å². The van der Waals surface area contributed by atoms with Crippen molar-refractivity contribution >= 4 is 36.0 Å².